The number of nitrogens with zero attached hydrogens (tertiary/aromatic N) is 1. The number of benzene rings is 2. The van der Waals surface area contributed by atoms with Crippen LogP contribution in [0.4, 0.5) is 11.4 Å². The van der Waals surface area contributed by atoms with Gasteiger partial charge in [0.15, 0.2) is 0 Å². The molecule has 29 heavy (non-hydrogen) atoms. The van der Waals surface area contributed by atoms with E-state index in [0.717, 1.165) is 11.1 Å². The molecule has 6 heteroatoms. The fourth-order valence-electron chi connectivity index (χ4n) is 3.95. The molecule has 0 saturated carbocycles. The van der Waals surface area contributed by atoms with Crippen molar-refractivity contribution in [3.63, 3.8) is 0 Å². The van der Waals surface area contributed by atoms with Crippen LogP contribution < -0.4 is 10.2 Å². The molecule has 1 N–H and O–H groups in total. The second kappa shape index (κ2) is 7.48. The molecule has 2 aromatic rings. The summed E-state index contributed by atoms with van der Waals surface area (Å²) in [5.74, 6) is -1.32. The van der Waals surface area contributed by atoms with Crippen LogP contribution in [-0.4, -0.2) is 17.7 Å². The first-order chi connectivity index (χ1) is 13.8. The Hall–Kier alpha value is -2.92. The summed E-state index contributed by atoms with van der Waals surface area (Å²) in [4.78, 5) is 39.7. The predicted octanol–water partition coefficient (Wildman–Crippen LogP) is 4.75. The van der Waals surface area contributed by atoms with E-state index in [9.17, 15) is 14.4 Å². The number of allylic oxidation sites excluding steroid dienone is 2. The van der Waals surface area contributed by atoms with Gasteiger partial charge in [0, 0.05) is 16.3 Å². The van der Waals surface area contributed by atoms with E-state index in [1.807, 2.05) is 26.0 Å². The average Bonchev–Trinajstić information content (AvgIpc) is 2.94. The van der Waals surface area contributed by atoms with E-state index in [1.165, 1.54) is 4.90 Å². The molecule has 1 aliphatic carbocycles. The summed E-state index contributed by atoms with van der Waals surface area (Å²) in [7, 11) is 0. The topological polar surface area (TPSA) is 66.5 Å². The zero-order valence-electron chi connectivity index (χ0n) is 16.2. The highest BCUT2D eigenvalue weighted by Gasteiger charge is 2.48. The van der Waals surface area contributed by atoms with Crippen LogP contribution in [-0.2, 0) is 9.59 Å². The maximum absolute atomic E-state index is 12.9. The molecular weight excluding hydrogens is 388 g/mol. The molecule has 2 aliphatic rings. The van der Waals surface area contributed by atoms with E-state index in [0.29, 0.717) is 34.8 Å². The van der Waals surface area contributed by atoms with Crippen LogP contribution >= 0.6 is 11.6 Å². The third-order valence-corrected chi connectivity index (χ3v) is 6.03. The molecule has 5 nitrogen and oxygen atoms in total. The SMILES string of the molecule is CC1=CC[C@@H]2C(=O)N(c3cccc(C(=O)Nc4ccc(C)c(Cl)c4)c3)C(=O)[C@H]2C1. The van der Waals surface area contributed by atoms with E-state index in [1.54, 1.807) is 36.4 Å². The Morgan fingerprint density at radius 2 is 1.83 bits per heavy atom. The molecule has 4 rings (SSSR count). The number of carbonyl (C=O) groups excluding carboxylic acids is 3. The van der Waals surface area contributed by atoms with E-state index >= 15 is 0 Å². The molecule has 1 saturated heterocycles. The van der Waals surface area contributed by atoms with Crippen molar-refractivity contribution in [1.82, 2.24) is 0 Å². The van der Waals surface area contributed by atoms with Crippen molar-refractivity contribution in [2.45, 2.75) is 26.7 Å². The third-order valence-electron chi connectivity index (χ3n) is 5.62. The lowest BCUT2D eigenvalue weighted by Gasteiger charge is -2.18. The number of imide groups is 1. The first-order valence-corrected chi connectivity index (χ1v) is 9.94. The highest BCUT2D eigenvalue weighted by Crippen LogP contribution is 2.39. The van der Waals surface area contributed by atoms with Gasteiger partial charge < -0.3 is 5.32 Å². The Labute approximate surface area is 174 Å². The van der Waals surface area contributed by atoms with E-state index in [4.69, 9.17) is 11.6 Å². The maximum Gasteiger partial charge on any atom is 0.255 e. The number of nitrogens with one attached hydrogen (secondary N) is 1. The Balaban J connectivity index is 1.57. The summed E-state index contributed by atoms with van der Waals surface area (Å²) in [5, 5.41) is 3.37. The van der Waals surface area contributed by atoms with Crippen molar-refractivity contribution in [2.24, 2.45) is 11.8 Å². The molecule has 2 atom stereocenters. The number of hydrogen-bond acceptors (Lipinski definition) is 3. The van der Waals surface area contributed by atoms with Crippen molar-refractivity contribution in [3.8, 4) is 0 Å². The van der Waals surface area contributed by atoms with E-state index in [-0.39, 0.29) is 29.6 Å². The van der Waals surface area contributed by atoms with Crippen LogP contribution in [0, 0.1) is 18.8 Å². The second-order valence-corrected chi connectivity index (χ2v) is 8.09. The van der Waals surface area contributed by atoms with E-state index in [2.05, 4.69) is 5.32 Å². The summed E-state index contributed by atoms with van der Waals surface area (Å²) in [6.07, 6.45) is 3.23. The van der Waals surface area contributed by atoms with Gasteiger partial charge >= 0.3 is 0 Å². The number of amides is 3. The van der Waals surface area contributed by atoms with Crippen molar-refractivity contribution in [1.29, 1.82) is 0 Å². The predicted molar refractivity (Wildman–Crippen MR) is 113 cm³/mol. The highest BCUT2D eigenvalue weighted by atomic mass is 35.5. The molecular formula is C23H21ClN2O3. The van der Waals surface area contributed by atoms with Crippen LogP contribution in [0.15, 0.2) is 54.1 Å². The van der Waals surface area contributed by atoms with E-state index < -0.39 is 0 Å². The minimum absolute atomic E-state index is 0.185. The van der Waals surface area contributed by atoms with Crippen LogP contribution in [0.3, 0.4) is 0 Å². The number of aryl methyl sites for hydroxylation is 1. The summed E-state index contributed by atoms with van der Waals surface area (Å²) in [6.45, 7) is 3.87. The van der Waals surface area contributed by atoms with Gasteiger partial charge in [0.05, 0.1) is 17.5 Å². The summed E-state index contributed by atoms with van der Waals surface area (Å²) >= 11 is 6.12. The molecule has 1 fully saturated rings. The fraction of sp³-hybridized carbons (Fsp3) is 0.261. The van der Waals surface area contributed by atoms with Gasteiger partial charge in [-0.25, -0.2) is 0 Å². The summed E-state index contributed by atoms with van der Waals surface area (Å²) < 4.78 is 0. The number of anilines is 2. The summed E-state index contributed by atoms with van der Waals surface area (Å²) in [6, 6.07) is 11.9. The Morgan fingerprint density at radius 1 is 1.07 bits per heavy atom. The quantitative estimate of drug-likeness (QED) is 0.588. The zero-order valence-corrected chi connectivity index (χ0v) is 17.0. The Bertz CT molecular complexity index is 1060. The number of hydrogen-bond donors (Lipinski definition) is 1. The summed E-state index contributed by atoms with van der Waals surface area (Å²) in [5.41, 5.74) is 3.44. The molecule has 0 aromatic heterocycles. The van der Waals surface area contributed by atoms with Crippen LogP contribution in [0.1, 0.15) is 35.7 Å². The smallest absolute Gasteiger partial charge is 0.255 e. The maximum atomic E-state index is 12.9. The van der Waals surface area contributed by atoms with Crippen LogP contribution in [0.2, 0.25) is 5.02 Å². The zero-order chi connectivity index (χ0) is 20.7. The molecule has 148 valence electrons. The number of halogens is 1. The van der Waals surface area contributed by atoms with Crippen molar-refractivity contribution >= 4 is 40.7 Å². The molecule has 0 unspecified atom stereocenters. The van der Waals surface area contributed by atoms with Gasteiger partial charge in [0.1, 0.15) is 0 Å². The molecule has 0 radical (unpaired) electrons. The van der Waals surface area contributed by atoms with Gasteiger partial charge in [-0.1, -0.05) is 35.4 Å². The number of carbonyl (C=O) groups is 3. The van der Waals surface area contributed by atoms with Crippen molar-refractivity contribution < 1.29 is 14.4 Å². The first-order valence-electron chi connectivity index (χ1n) is 9.56. The highest BCUT2D eigenvalue weighted by molar-refractivity contribution is 6.31. The number of rotatable bonds is 3. The lowest BCUT2D eigenvalue weighted by Crippen LogP contribution is -2.31. The molecule has 0 bridgehead atoms. The molecule has 1 aliphatic heterocycles. The molecule has 3 amide bonds. The van der Waals surface area contributed by atoms with Gasteiger partial charge in [-0.05, 0) is 62.6 Å². The Morgan fingerprint density at radius 3 is 2.59 bits per heavy atom. The monoisotopic (exact) mass is 408 g/mol. The van der Waals surface area contributed by atoms with Crippen molar-refractivity contribution in [2.75, 3.05) is 10.2 Å². The van der Waals surface area contributed by atoms with Gasteiger partial charge in [0.25, 0.3) is 5.91 Å². The molecule has 2 aromatic carbocycles. The minimum atomic E-state index is -0.333. The molecule has 0 spiro atoms. The number of fused-ring (bicyclic) bond motifs is 1. The van der Waals surface area contributed by atoms with Gasteiger partial charge in [-0.2, -0.15) is 0 Å². The van der Waals surface area contributed by atoms with Crippen LogP contribution in [0.25, 0.3) is 0 Å². The largest absolute Gasteiger partial charge is 0.322 e. The Kier molecular flexibility index (Phi) is 5.01. The minimum Gasteiger partial charge on any atom is -0.322 e. The fourth-order valence-corrected chi connectivity index (χ4v) is 4.13. The molecule has 1 heterocycles. The van der Waals surface area contributed by atoms with Gasteiger partial charge in [0.2, 0.25) is 11.8 Å². The standard InChI is InChI=1S/C23H21ClN2O3/c1-13-6-9-18-19(10-13)23(29)26(22(18)28)17-5-3-4-15(11-17)21(27)25-16-8-7-14(2)20(24)12-16/h3-8,11-12,18-19H,9-10H2,1-2H3,(H,25,27)/t18-,19-/m0/s1. The average molecular weight is 409 g/mol. The third kappa shape index (κ3) is 3.58. The second-order valence-electron chi connectivity index (χ2n) is 7.68. The van der Waals surface area contributed by atoms with Crippen molar-refractivity contribution in [3.05, 3.63) is 70.3 Å². The van der Waals surface area contributed by atoms with Gasteiger partial charge in [-0.15, -0.1) is 0 Å². The lowest BCUT2D eigenvalue weighted by atomic mass is 9.82. The lowest BCUT2D eigenvalue weighted by molar-refractivity contribution is -0.122. The van der Waals surface area contributed by atoms with Gasteiger partial charge in [-0.3, -0.25) is 19.3 Å². The van der Waals surface area contributed by atoms with Crippen LogP contribution in [0.5, 0.6) is 0 Å². The normalized spacial score (nSPS) is 21.1. The first kappa shape index (κ1) is 19.4.